The van der Waals surface area contributed by atoms with E-state index in [1.807, 2.05) is 13.1 Å². The van der Waals surface area contributed by atoms with Gasteiger partial charge in [0, 0.05) is 43.8 Å². The van der Waals surface area contributed by atoms with Crippen LogP contribution in [0.15, 0.2) is 30.6 Å². The Morgan fingerprint density at radius 2 is 2.19 bits per heavy atom. The lowest BCUT2D eigenvalue weighted by molar-refractivity contribution is 0.612. The van der Waals surface area contributed by atoms with Gasteiger partial charge in [-0.15, -0.1) is 0 Å². The minimum absolute atomic E-state index is 0.110. The highest BCUT2D eigenvalue weighted by molar-refractivity contribution is 5.57. The molecule has 0 saturated carbocycles. The van der Waals surface area contributed by atoms with Crippen LogP contribution >= 0.6 is 0 Å². The molecule has 3 rings (SSSR count). The molecule has 4 heteroatoms. The lowest BCUT2D eigenvalue weighted by atomic mass is 9.97. The SMILES string of the molecule is Cc1nccn1CCN1CCCc2cc(C(C)N)ccc21. The first-order valence-electron chi connectivity index (χ1n) is 7.76. The molecule has 0 radical (unpaired) electrons. The van der Waals surface area contributed by atoms with E-state index >= 15 is 0 Å². The van der Waals surface area contributed by atoms with E-state index in [0.717, 1.165) is 31.9 Å². The summed E-state index contributed by atoms with van der Waals surface area (Å²) in [6.45, 7) is 7.25. The van der Waals surface area contributed by atoms with Gasteiger partial charge in [-0.25, -0.2) is 4.98 Å². The van der Waals surface area contributed by atoms with Gasteiger partial charge in [-0.2, -0.15) is 0 Å². The molecule has 1 aliphatic rings. The van der Waals surface area contributed by atoms with E-state index in [9.17, 15) is 0 Å². The van der Waals surface area contributed by atoms with Crippen LogP contribution in [0, 0.1) is 6.92 Å². The number of fused-ring (bicyclic) bond motifs is 1. The van der Waals surface area contributed by atoms with Gasteiger partial charge in [-0.1, -0.05) is 12.1 Å². The second-order valence-electron chi connectivity index (χ2n) is 5.94. The van der Waals surface area contributed by atoms with Crippen LogP contribution in [-0.2, 0) is 13.0 Å². The predicted octanol–water partition coefficient (Wildman–Crippen LogP) is 2.66. The highest BCUT2D eigenvalue weighted by Crippen LogP contribution is 2.29. The zero-order valence-electron chi connectivity index (χ0n) is 12.9. The molecule has 4 nitrogen and oxygen atoms in total. The summed E-state index contributed by atoms with van der Waals surface area (Å²) in [7, 11) is 0. The third-order valence-corrected chi connectivity index (χ3v) is 4.38. The summed E-state index contributed by atoms with van der Waals surface area (Å²) in [6.07, 6.45) is 6.31. The fourth-order valence-corrected chi connectivity index (χ4v) is 3.08. The molecule has 2 aromatic rings. The number of anilines is 1. The lowest BCUT2D eigenvalue weighted by Gasteiger charge is -2.32. The number of aryl methyl sites for hydroxylation is 2. The number of nitrogens with two attached hydrogens (primary N) is 1. The van der Waals surface area contributed by atoms with Crippen molar-refractivity contribution in [3.05, 3.63) is 47.5 Å². The average molecular weight is 284 g/mol. The maximum absolute atomic E-state index is 6.00. The number of benzene rings is 1. The Bertz CT molecular complexity index is 615. The maximum atomic E-state index is 6.00. The molecule has 0 spiro atoms. The molecule has 0 fully saturated rings. The minimum atomic E-state index is 0.110. The van der Waals surface area contributed by atoms with E-state index in [4.69, 9.17) is 5.73 Å². The van der Waals surface area contributed by atoms with Gasteiger partial charge in [0.2, 0.25) is 0 Å². The Balaban J connectivity index is 1.76. The Labute approximate surface area is 126 Å². The van der Waals surface area contributed by atoms with E-state index in [1.165, 1.54) is 23.2 Å². The first kappa shape index (κ1) is 14.1. The molecule has 1 unspecified atom stereocenters. The quantitative estimate of drug-likeness (QED) is 0.939. The fourth-order valence-electron chi connectivity index (χ4n) is 3.08. The van der Waals surface area contributed by atoms with Crippen LogP contribution in [0.4, 0.5) is 5.69 Å². The van der Waals surface area contributed by atoms with Crippen molar-refractivity contribution in [3.8, 4) is 0 Å². The molecular weight excluding hydrogens is 260 g/mol. The summed E-state index contributed by atoms with van der Waals surface area (Å²) in [5, 5.41) is 0. The molecule has 1 aromatic heterocycles. The summed E-state index contributed by atoms with van der Waals surface area (Å²) < 4.78 is 2.21. The van der Waals surface area contributed by atoms with Crippen molar-refractivity contribution < 1.29 is 0 Å². The van der Waals surface area contributed by atoms with Gasteiger partial charge in [0.25, 0.3) is 0 Å². The van der Waals surface area contributed by atoms with E-state index in [0.29, 0.717) is 0 Å². The van der Waals surface area contributed by atoms with Crippen LogP contribution in [0.5, 0.6) is 0 Å². The Kier molecular flexibility index (Phi) is 3.97. The monoisotopic (exact) mass is 284 g/mol. The maximum Gasteiger partial charge on any atom is 0.105 e. The summed E-state index contributed by atoms with van der Waals surface area (Å²) in [6, 6.07) is 6.81. The van der Waals surface area contributed by atoms with Crippen LogP contribution in [0.25, 0.3) is 0 Å². The van der Waals surface area contributed by atoms with Gasteiger partial charge < -0.3 is 15.2 Å². The second kappa shape index (κ2) is 5.90. The van der Waals surface area contributed by atoms with Crippen LogP contribution in [0.3, 0.4) is 0 Å². The van der Waals surface area contributed by atoms with E-state index in [2.05, 4.69) is 45.8 Å². The molecule has 112 valence electrons. The highest BCUT2D eigenvalue weighted by Gasteiger charge is 2.17. The first-order valence-corrected chi connectivity index (χ1v) is 7.76. The predicted molar refractivity (Wildman–Crippen MR) is 86.5 cm³/mol. The van der Waals surface area contributed by atoms with Gasteiger partial charge in [-0.05, 0) is 43.9 Å². The summed E-state index contributed by atoms with van der Waals surface area (Å²) in [4.78, 5) is 6.78. The largest absolute Gasteiger partial charge is 0.370 e. The topological polar surface area (TPSA) is 47.1 Å². The van der Waals surface area contributed by atoms with Crippen LogP contribution in [0.2, 0.25) is 0 Å². The van der Waals surface area contributed by atoms with E-state index < -0.39 is 0 Å². The van der Waals surface area contributed by atoms with Crippen LogP contribution in [0.1, 0.15) is 36.3 Å². The number of rotatable bonds is 4. The molecule has 1 aliphatic heterocycles. The molecule has 0 saturated heterocycles. The number of nitrogens with zero attached hydrogens (tertiary/aromatic N) is 3. The van der Waals surface area contributed by atoms with Gasteiger partial charge in [0.05, 0.1) is 0 Å². The fraction of sp³-hybridized carbons (Fsp3) is 0.471. The van der Waals surface area contributed by atoms with Crippen LogP contribution in [-0.4, -0.2) is 22.6 Å². The number of hydrogen-bond donors (Lipinski definition) is 1. The Hall–Kier alpha value is -1.81. The van der Waals surface area contributed by atoms with Crippen LogP contribution < -0.4 is 10.6 Å². The number of aromatic nitrogens is 2. The smallest absolute Gasteiger partial charge is 0.105 e. The molecule has 0 aliphatic carbocycles. The minimum Gasteiger partial charge on any atom is -0.370 e. The van der Waals surface area contributed by atoms with Crippen molar-refractivity contribution in [2.24, 2.45) is 5.73 Å². The third-order valence-electron chi connectivity index (χ3n) is 4.38. The molecular formula is C17H24N4. The molecule has 2 heterocycles. The lowest BCUT2D eigenvalue weighted by Crippen LogP contribution is -2.32. The first-order chi connectivity index (χ1) is 10.1. The normalized spacial score (nSPS) is 15.9. The van der Waals surface area contributed by atoms with Crippen molar-refractivity contribution in [2.45, 2.75) is 39.3 Å². The van der Waals surface area contributed by atoms with E-state index in [1.54, 1.807) is 0 Å². The highest BCUT2D eigenvalue weighted by atomic mass is 15.2. The second-order valence-corrected chi connectivity index (χ2v) is 5.94. The number of imidazole rings is 1. The zero-order chi connectivity index (χ0) is 14.8. The Morgan fingerprint density at radius 3 is 2.90 bits per heavy atom. The van der Waals surface area contributed by atoms with Gasteiger partial charge in [0.15, 0.2) is 0 Å². The van der Waals surface area contributed by atoms with Crippen molar-refractivity contribution in [3.63, 3.8) is 0 Å². The van der Waals surface area contributed by atoms with Crippen molar-refractivity contribution in [2.75, 3.05) is 18.0 Å². The van der Waals surface area contributed by atoms with Gasteiger partial charge in [0.1, 0.15) is 5.82 Å². The molecule has 0 amide bonds. The van der Waals surface area contributed by atoms with Crippen molar-refractivity contribution >= 4 is 5.69 Å². The third kappa shape index (κ3) is 2.95. The molecule has 21 heavy (non-hydrogen) atoms. The molecule has 2 N–H and O–H groups in total. The van der Waals surface area contributed by atoms with Gasteiger partial charge in [-0.3, -0.25) is 0 Å². The summed E-state index contributed by atoms with van der Waals surface area (Å²) >= 11 is 0. The Morgan fingerprint density at radius 1 is 1.33 bits per heavy atom. The van der Waals surface area contributed by atoms with Crippen molar-refractivity contribution in [1.82, 2.24) is 9.55 Å². The standard InChI is InChI=1S/C17H24N4/c1-13(18)15-5-6-17-16(12-15)4-3-8-21(17)11-10-20-9-7-19-14(20)2/h5-7,9,12-13H,3-4,8,10-11,18H2,1-2H3. The molecule has 0 bridgehead atoms. The summed E-state index contributed by atoms with van der Waals surface area (Å²) in [5.41, 5.74) is 10.1. The van der Waals surface area contributed by atoms with Gasteiger partial charge >= 0.3 is 0 Å². The van der Waals surface area contributed by atoms with Crippen molar-refractivity contribution in [1.29, 1.82) is 0 Å². The molecule has 1 aromatic carbocycles. The van der Waals surface area contributed by atoms with E-state index in [-0.39, 0.29) is 6.04 Å². The summed E-state index contributed by atoms with van der Waals surface area (Å²) in [5.74, 6) is 1.08. The number of hydrogen-bond acceptors (Lipinski definition) is 3. The zero-order valence-corrected chi connectivity index (χ0v) is 12.9. The molecule has 1 atom stereocenters. The average Bonchev–Trinajstić information content (AvgIpc) is 2.89.